The highest BCUT2D eigenvalue weighted by Crippen LogP contribution is 2.35. The Bertz CT molecular complexity index is 998. The van der Waals surface area contributed by atoms with E-state index in [1.54, 1.807) is 0 Å². The van der Waals surface area contributed by atoms with Crippen molar-refractivity contribution in [1.29, 1.82) is 0 Å². The molecule has 138 valence electrons. The SMILES string of the molecule is CN1CC[C@@H]2CN(Cc3ccc(-c4cnc5ccccc5c4)s3)C[C@@H]2C1=O. The molecule has 4 heterocycles. The van der Waals surface area contributed by atoms with Gasteiger partial charge in [0.1, 0.15) is 0 Å². The highest BCUT2D eigenvalue weighted by molar-refractivity contribution is 7.15. The van der Waals surface area contributed by atoms with Crippen molar-refractivity contribution in [2.45, 2.75) is 13.0 Å². The molecule has 2 fully saturated rings. The van der Waals surface area contributed by atoms with Crippen LogP contribution in [0.25, 0.3) is 21.3 Å². The smallest absolute Gasteiger partial charge is 0.227 e. The van der Waals surface area contributed by atoms with E-state index in [1.807, 2.05) is 41.6 Å². The highest BCUT2D eigenvalue weighted by atomic mass is 32.1. The Labute approximate surface area is 163 Å². The third-order valence-corrected chi connectivity index (χ3v) is 7.08. The lowest BCUT2D eigenvalue weighted by molar-refractivity contribution is -0.137. The van der Waals surface area contributed by atoms with E-state index in [9.17, 15) is 4.79 Å². The van der Waals surface area contributed by atoms with Gasteiger partial charge in [-0.05, 0) is 36.6 Å². The second-order valence-electron chi connectivity index (χ2n) is 7.79. The van der Waals surface area contributed by atoms with Gasteiger partial charge in [0, 0.05) is 60.1 Å². The lowest BCUT2D eigenvalue weighted by atomic mass is 9.88. The van der Waals surface area contributed by atoms with Crippen LogP contribution in [-0.4, -0.2) is 47.4 Å². The molecule has 0 spiro atoms. The van der Waals surface area contributed by atoms with E-state index >= 15 is 0 Å². The zero-order valence-electron chi connectivity index (χ0n) is 15.5. The molecule has 0 aliphatic carbocycles. The lowest BCUT2D eigenvalue weighted by Crippen LogP contribution is -2.42. The zero-order chi connectivity index (χ0) is 18.4. The van der Waals surface area contributed by atoms with Crippen LogP contribution in [0.3, 0.4) is 0 Å². The van der Waals surface area contributed by atoms with Gasteiger partial charge in [-0.15, -0.1) is 11.3 Å². The van der Waals surface area contributed by atoms with E-state index in [0.29, 0.717) is 11.8 Å². The Morgan fingerprint density at radius 3 is 3.00 bits per heavy atom. The van der Waals surface area contributed by atoms with Crippen molar-refractivity contribution >= 4 is 28.1 Å². The van der Waals surface area contributed by atoms with Crippen molar-refractivity contribution in [2.75, 3.05) is 26.7 Å². The standard InChI is InChI=1S/C22H23N3OS/c1-24-9-8-16-12-25(14-19(16)22(24)26)13-18-6-7-21(27-18)17-10-15-4-2-3-5-20(15)23-11-17/h2-7,10-11,16,19H,8-9,12-14H2,1H3/t16-,19+/m1/s1. The van der Waals surface area contributed by atoms with Crippen LogP contribution in [0.15, 0.2) is 48.7 Å². The number of aromatic nitrogens is 1. The summed E-state index contributed by atoms with van der Waals surface area (Å²) in [7, 11) is 1.93. The number of amides is 1. The van der Waals surface area contributed by atoms with E-state index in [-0.39, 0.29) is 5.92 Å². The van der Waals surface area contributed by atoms with Crippen molar-refractivity contribution < 1.29 is 4.79 Å². The number of pyridine rings is 1. The number of piperidine rings is 1. The molecule has 3 aromatic rings. The molecule has 2 saturated heterocycles. The van der Waals surface area contributed by atoms with Crippen LogP contribution in [0.1, 0.15) is 11.3 Å². The number of nitrogens with zero attached hydrogens (tertiary/aromatic N) is 3. The molecule has 0 saturated carbocycles. The number of rotatable bonds is 3. The number of likely N-dealkylation sites (tertiary alicyclic amines) is 2. The first kappa shape index (κ1) is 16.9. The molecule has 0 N–H and O–H groups in total. The fraction of sp³-hybridized carbons (Fsp3) is 0.364. The molecule has 1 aromatic carbocycles. The molecule has 2 aromatic heterocycles. The van der Waals surface area contributed by atoms with Gasteiger partial charge in [-0.3, -0.25) is 14.7 Å². The van der Waals surface area contributed by atoms with E-state index < -0.39 is 0 Å². The number of hydrogen-bond acceptors (Lipinski definition) is 4. The first-order valence-electron chi connectivity index (χ1n) is 9.58. The number of benzene rings is 1. The second-order valence-corrected chi connectivity index (χ2v) is 8.96. The van der Waals surface area contributed by atoms with Gasteiger partial charge in [-0.25, -0.2) is 0 Å². The summed E-state index contributed by atoms with van der Waals surface area (Å²) in [5.74, 6) is 1.08. The summed E-state index contributed by atoms with van der Waals surface area (Å²) in [5.41, 5.74) is 2.21. The van der Waals surface area contributed by atoms with Gasteiger partial charge < -0.3 is 4.90 Å². The Kier molecular flexibility index (Phi) is 4.21. The van der Waals surface area contributed by atoms with Crippen LogP contribution in [0.4, 0.5) is 0 Å². The van der Waals surface area contributed by atoms with Gasteiger partial charge in [-0.1, -0.05) is 18.2 Å². The molecule has 5 heteroatoms. The fourth-order valence-corrected chi connectivity index (χ4v) is 5.49. The Morgan fingerprint density at radius 2 is 2.07 bits per heavy atom. The van der Waals surface area contributed by atoms with Crippen LogP contribution in [0, 0.1) is 11.8 Å². The highest BCUT2D eigenvalue weighted by Gasteiger charge is 2.41. The van der Waals surface area contributed by atoms with Crippen molar-refractivity contribution in [2.24, 2.45) is 11.8 Å². The first-order valence-corrected chi connectivity index (χ1v) is 10.4. The topological polar surface area (TPSA) is 36.4 Å². The molecule has 0 bridgehead atoms. The molecule has 0 radical (unpaired) electrons. The second kappa shape index (κ2) is 6.73. The third kappa shape index (κ3) is 3.15. The zero-order valence-corrected chi connectivity index (χ0v) is 16.3. The van der Waals surface area contributed by atoms with E-state index in [2.05, 4.69) is 40.2 Å². The van der Waals surface area contributed by atoms with Crippen molar-refractivity contribution in [3.63, 3.8) is 0 Å². The van der Waals surface area contributed by atoms with Crippen LogP contribution in [0.5, 0.6) is 0 Å². The van der Waals surface area contributed by atoms with Crippen LogP contribution >= 0.6 is 11.3 Å². The average molecular weight is 378 g/mol. The molecule has 5 rings (SSSR count). The summed E-state index contributed by atoms with van der Waals surface area (Å²) >= 11 is 1.84. The molecule has 0 unspecified atom stereocenters. The Balaban J connectivity index is 1.31. The number of carbonyl (C=O) groups excluding carboxylic acids is 1. The summed E-state index contributed by atoms with van der Waals surface area (Å²) in [6.45, 7) is 3.80. The molecule has 27 heavy (non-hydrogen) atoms. The van der Waals surface area contributed by atoms with Gasteiger partial charge in [0.25, 0.3) is 0 Å². The molecule has 1 amide bonds. The largest absolute Gasteiger partial charge is 0.345 e. The molecule has 2 aliphatic heterocycles. The van der Waals surface area contributed by atoms with E-state index in [1.165, 1.54) is 20.7 Å². The van der Waals surface area contributed by atoms with Crippen LogP contribution in [-0.2, 0) is 11.3 Å². The monoisotopic (exact) mass is 377 g/mol. The Morgan fingerprint density at radius 1 is 1.19 bits per heavy atom. The summed E-state index contributed by atoms with van der Waals surface area (Å²) in [5, 5.41) is 1.18. The number of thiophene rings is 1. The van der Waals surface area contributed by atoms with Gasteiger partial charge in [0.05, 0.1) is 11.4 Å². The normalized spacial score (nSPS) is 23.1. The van der Waals surface area contributed by atoms with Crippen LogP contribution in [0.2, 0.25) is 0 Å². The molecule has 2 atom stereocenters. The van der Waals surface area contributed by atoms with Gasteiger partial charge in [0.2, 0.25) is 5.91 Å². The number of fused-ring (bicyclic) bond motifs is 2. The van der Waals surface area contributed by atoms with Crippen LogP contribution < -0.4 is 0 Å². The molecular formula is C22H23N3OS. The van der Waals surface area contributed by atoms with Crippen molar-refractivity contribution in [3.05, 3.63) is 53.5 Å². The summed E-state index contributed by atoms with van der Waals surface area (Å²) in [6, 6.07) is 14.9. The minimum atomic E-state index is 0.202. The number of hydrogen-bond donors (Lipinski definition) is 0. The van der Waals surface area contributed by atoms with Crippen molar-refractivity contribution in [3.8, 4) is 10.4 Å². The lowest BCUT2D eigenvalue weighted by Gasteiger charge is -2.30. The van der Waals surface area contributed by atoms with E-state index in [4.69, 9.17) is 0 Å². The summed E-state index contributed by atoms with van der Waals surface area (Å²) in [4.78, 5) is 24.0. The van der Waals surface area contributed by atoms with Gasteiger partial charge in [-0.2, -0.15) is 0 Å². The predicted molar refractivity (Wildman–Crippen MR) is 110 cm³/mol. The quantitative estimate of drug-likeness (QED) is 0.695. The maximum absolute atomic E-state index is 12.4. The minimum absolute atomic E-state index is 0.202. The van der Waals surface area contributed by atoms with Gasteiger partial charge >= 0.3 is 0 Å². The fourth-order valence-electron chi connectivity index (χ4n) is 4.46. The molecular weight excluding hydrogens is 354 g/mol. The maximum Gasteiger partial charge on any atom is 0.227 e. The summed E-state index contributed by atoms with van der Waals surface area (Å²) in [6.07, 6.45) is 3.11. The number of carbonyl (C=O) groups is 1. The molecule has 2 aliphatic rings. The average Bonchev–Trinajstić information content (AvgIpc) is 3.32. The first-order chi connectivity index (χ1) is 13.2. The summed E-state index contributed by atoms with van der Waals surface area (Å²) < 4.78 is 0. The maximum atomic E-state index is 12.4. The van der Waals surface area contributed by atoms with Crippen molar-refractivity contribution in [1.82, 2.24) is 14.8 Å². The number of para-hydroxylation sites is 1. The molecule has 4 nitrogen and oxygen atoms in total. The minimum Gasteiger partial charge on any atom is -0.345 e. The van der Waals surface area contributed by atoms with Gasteiger partial charge in [0.15, 0.2) is 0 Å². The Hall–Kier alpha value is -2.24. The van der Waals surface area contributed by atoms with E-state index in [0.717, 1.165) is 38.1 Å². The third-order valence-electron chi connectivity index (χ3n) is 5.96. The predicted octanol–water partition coefficient (Wildman–Crippen LogP) is 3.87.